The molecule has 0 saturated heterocycles. The molecule has 6 nitrogen and oxygen atoms in total. The molecule has 9 heteroatoms. The van der Waals surface area contributed by atoms with Gasteiger partial charge in [0, 0.05) is 26.2 Å². The average molecular weight is 372 g/mol. The van der Waals surface area contributed by atoms with Gasteiger partial charge < -0.3 is 20.3 Å². The minimum absolute atomic E-state index is 0.00424. The Balaban J connectivity index is 2.88. The zero-order chi connectivity index (χ0) is 19.7. The molecule has 0 bridgehead atoms. The van der Waals surface area contributed by atoms with Gasteiger partial charge in [-0.05, 0) is 13.0 Å². The number of rotatable bonds is 7. The van der Waals surface area contributed by atoms with E-state index in [0.717, 1.165) is 5.57 Å². The summed E-state index contributed by atoms with van der Waals surface area (Å²) >= 11 is 0. The van der Waals surface area contributed by atoms with E-state index >= 15 is 0 Å². The van der Waals surface area contributed by atoms with Crippen molar-refractivity contribution >= 4 is 11.9 Å². The lowest BCUT2D eigenvalue weighted by molar-refractivity contribution is -0.274. The van der Waals surface area contributed by atoms with Crippen molar-refractivity contribution in [2.45, 2.75) is 19.8 Å². The van der Waals surface area contributed by atoms with Crippen LogP contribution in [0.3, 0.4) is 0 Å². The summed E-state index contributed by atoms with van der Waals surface area (Å²) in [4.78, 5) is 17.3. The summed E-state index contributed by atoms with van der Waals surface area (Å²) in [6.07, 6.45) is -4.78. The summed E-state index contributed by atoms with van der Waals surface area (Å²) in [5.41, 5.74) is 1.10. The molecule has 0 aliphatic rings. The molecule has 1 amide bonds. The van der Waals surface area contributed by atoms with Gasteiger partial charge in [0.15, 0.2) is 5.96 Å². The third-order valence-electron chi connectivity index (χ3n) is 3.07. The second-order valence-electron chi connectivity index (χ2n) is 5.77. The van der Waals surface area contributed by atoms with Gasteiger partial charge >= 0.3 is 6.36 Å². The normalized spacial score (nSPS) is 11.7. The molecule has 0 unspecified atom stereocenters. The van der Waals surface area contributed by atoms with Crippen LogP contribution in [-0.4, -0.2) is 50.3 Å². The third-order valence-corrected chi connectivity index (χ3v) is 3.07. The van der Waals surface area contributed by atoms with E-state index in [-0.39, 0.29) is 36.3 Å². The highest BCUT2D eigenvalue weighted by molar-refractivity contribution is 5.86. The zero-order valence-electron chi connectivity index (χ0n) is 15.0. The number of carbonyl (C=O) groups excluding carboxylic acids is 1. The van der Waals surface area contributed by atoms with Crippen molar-refractivity contribution in [1.29, 1.82) is 0 Å². The number of ether oxygens (including phenoxy) is 1. The standard InChI is InChI=1S/C17H23F3N4O2/c1-12(2)9-21-16(23-11-15(25)24(3)4)22-10-13-7-5-6-8-14(13)26-17(18,19)20/h5-8H,1,9-11H2,2-4H3,(H2,21,22,23). The Kier molecular flexibility index (Phi) is 7.95. The number of hydrogen-bond donors (Lipinski definition) is 2. The fourth-order valence-electron chi connectivity index (χ4n) is 1.75. The molecular formula is C17H23F3N4O2. The number of nitrogens with one attached hydrogen (secondary N) is 2. The average Bonchev–Trinajstić information content (AvgIpc) is 2.53. The number of aliphatic imine (C=N–C) groups is 1. The lowest BCUT2D eigenvalue weighted by Gasteiger charge is -2.16. The number of likely N-dealkylation sites (N-methyl/N-ethyl adjacent to an activating group) is 1. The molecule has 1 rings (SSSR count). The molecule has 0 aliphatic carbocycles. The zero-order valence-corrected chi connectivity index (χ0v) is 15.0. The van der Waals surface area contributed by atoms with Crippen LogP contribution in [0, 0.1) is 0 Å². The number of halogens is 3. The summed E-state index contributed by atoms with van der Waals surface area (Å²) in [6.45, 7) is 5.91. The number of guanidine groups is 1. The first-order chi connectivity index (χ1) is 12.1. The van der Waals surface area contributed by atoms with Crippen molar-refractivity contribution in [3.05, 3.63) is 42.0 Å². The quantitative estimate of drug-likeness (QED) is 0.438. The second-order valence-corrected chi connectivity index (χ2v) is 5.77. The Hall–Kier alpha value is -2.71. The van der Waals surface area contributed by atoms with E-state index in [0.29, 0.717) is 6.54 Å². The fraction of sp³-hybridized carbons (Fsp3) is 0.412. The Morgan fingerprint density at radius 1 is 1.23 bits per heavy atom. The summed E-state index contributed by atoms with van der Waals surface area (Å²) < 4.78 is 41.4. The largest absolute Gasteiger partial charge is 0.573 e. The molecular weight excluding hydrogens is 349 g/mol. The van der Waals surface area contributed by atoms with Crippen molar-refractivity contribution in [3.63, 3.8) is 0 Å². The molecule has 0 aromatic heterocycles. The maximum atomic E-state index is 12.5. The van der Waals surface area contributed by atoms with Gasteiger partial charge in [-0.3, -0.25) is 4.79 Å². The van der Waals surface area contributed by atoms with Gasteiger partial charge in [-0.15, -0.1) is 13.2 Å². The molecule has 0 heterocycles. The second kappa shape index (κ2) is 9.69. The first-order valence-corrected chi connectivity index (χ1v) is 7.79. The van der Waals surface area contributed by atoms with E-state index in [2.05, 4.69) is 26.9 Å². The molecule has 1 aromatic rings. The molecule has 0 radical (unpaired) electrons. The van der Waals surface area contributed by atoms with Gasteiger partial charge in [-0.25, -0.2) is 4.99 Å². The number of para-hydroxylation sites is 1. The van der Waals surface area contributed by atoms with Crippen molar-refractivity contribution in [3.8, 4) is 5.75 Å². The predicted molar refractivity (Wildman–Crippen MR) is 93.8 cm³/mol. The van der Waals surface area contributed by atoms with Gasteiger partial charge in [-0.1, -0.05) is 30.4 Å². The first-order valence-electron chi connectivity index (χ1n) is 7.79. The minimum atomic E-state index is -4.78. The fourth-order valence-corrected chi connectivity index (χ4v) is 1.75. The van der Waals surface area contributed by atoms with Crippen LogP contribution in [0.25, 0.3) is 0 Å². The molecule has 0 saturated carbocycles. The molecule has 0 aliphatic heterocycles. The van der Waals surface area contributed by atoms with Crippen LogP contribution in [0.4, 0.5) is 13.2 Å². The first kappa shape index (κ1) is 21.3. The van der Waals surface area contributed by atoms with Crippen LogP contribution in [0.2, 0.25) is 0 Å². The van der Waals surface area contributed by atoms with Crippen LogP contribution >= 0.6 is 0 Å². The highest BCUT2D eigenvalue weighted by Crippen LogP contribution is 2.26. The highest BCUT2D eigenvalue weighted by Gasteiger charge is 2.31. The number of benzene rings is 1. The van der Waals surface area contributed by atoms with Crippen LogP contribution in [0.5, 0.6) is 5.75 Å². The van der Waals surface area contributed by atoms with Gasteiger partial charge in [-0.2, -0.15) is 0 Å². The van der Waals surface area contributed by atoms with Gasteiger partial charge in [0.25, 0.3) is 0 Å². The molecule has 0 spiro atoms. The Labute approximate surface area is 150 Å². The molecule has 144 valence electrons. The van der Waals surface area contributed by atoms with E-state index in [9.17, 15) is 18.0 Å². The Morgan fingerprint density at radius 3 is 2.42 bits per heavy atom. The number of nitrogens with zero attached hydrogens (tertiary/aromatic N) is 2. The summed E-state index contributed by atoms with van der Waals surface area (Å²) in [7, 11) is 3.24. The van der Waals surface area contributed by atoms with E-state index in [4.69, 9.17) is 0 Å². The molecule has 2 N–H and O–H groups in total. The molecule has 1 aromatic carbocycles. The monoisotopic (exact) mass is 372 g/mol. The number of alkyl halides is 3. The van der Waals surface area contributed by atoms with Crippen molar-refractivity contribution in [2.75, 3.05) is 27.2 Å². The maximum Gasteiger partial charge on any atom is 0.573 e. The minimum Gasteiger partial charge on any atom is -0.405 e. The molecule has 26 heavy (non-hydrogen) atoms. The topological polar surface area (TPSA) is 66.0 Å². The Bertz CT molecular complexity index is 658. The summed E-state index contributed by atoms with van der Waals surface area (Å²) in [5.74, 6) is -0.201. The van der Waals surface area contributed by atoms with Crippen LogP contribution in [0.15, 0.2) is 41.4 Å². The number of hydrogen-bond acceptors (Lipinski definition) is 3. The highest BCUT2D eigenvalue weighted by atomic mass is 19.4. The van der Waals surface area contributed by atoms with E-state index in [1.807, 2.05) is 6.92 Å². The lowest BCUT2D eigenvalue weighted by Crippen LogP contribution is -2.43. The van der Waals surface area contributed by atoms with E-state index < -0.39 is 6.36 Å². The lowest BCUT2D eigenvalue weighted by atomic mass is 10.2. The van der Waals surface area contributed by atoms with Gasteiger partial charge in [0.05, 0.1) is 13.1 Å². The van der Waals surface area contributed by atoms with E-state index in [1.165, 1.54) is 23.1 Å². The van der Waals surface area contributed by atoms with Crippen molar-refractivity contribution in [1.82, 2.24) is 15.5 Å². The molecule has 0 atom stereocenters. The maximum absolute atomic E-state index is 12.5. The van der Waals surface area contributed by atoms with E-state index in [1.54, 1.807) is 20.2 Å². The van der Waals surface area contributed by atoms with Crippen LogP contribution in [-0.2, 0) is 11.3 Å². The Morgan fingerprint density at radius 2 is 1.85 bits per heavy atom. The van der Waals surface area contributed by atoms with Crippen LogP contribution in [0.1, 0.15) is 12.5 Å². The third kappa shape index (κ3) is 8.41. The number of amides is 1. The smallest absolute Gasteiger partial charge is 0.405 e. The molecule has 0 fully saturated rings. The van der Waals surface area contributed by atoms with Gasteiger partial charge in [0.1, 0.15) is 5.75 Å². The van der Waals surface area contributed by atoms with Crippen molar-refractivity contribution in [2.24, 2.45) is 4.99 Å². The number of carbonyl (C=O) groups is 1. The summed E-state index contributed by atoms with van der Waals surface area (Å²) in [5, 5.41) is 5.79. The van der Waals surface area contributed by atoms with Crippen LogP contribution < -0.4 is 15.4 Å². The SMILES string of the molecule is C=C(C)CNC(=NCc1ccccc1OC(F)(F)F)NCC(=O)N(C)C. The van der Waals surface area contributed by atoms with Crippen molar-refractivity contribution < 1.29 is 22.7 Å². The predicted octanol–water partition coefficient (Wildman–Crippen LogP) is 2.28. The van der Waals surface area contributed by atoms with Gasteiger partial charge in [0.2, 0.25) is 5.91 Å². The summed E-state index contributed by atoms with van der Waals surface area (Å²) in [6, 6.07) is 5.76.